The van der Waals surface area contributed by atoms with E-state index in [0.29, 0.717) is 29.3 Å². The summed E-state index contributed by atoms with van der Waals surface area (Å²) in [6, 6.07) is 4.32. The number of halogens is 1. The summed E-state index contributed by atoms with van der Waals surface area (Å²) in [6.07, 6.45) is 0.382. The highest BCUT2D eigenvalue weighted by Crippen LogP contribution is 2.28. The van der Waals surface area contributed by atoms with E-state index in [1.54, 1.807) is 13.0 Å². The van der Waals surface area contributed by atoms with Crippen LogP contribution in [0.1, 0.15) is 31.7 Å². The molecule has 0 bridgehead atoms. The number of aryl methyl sites for hydroxylation is 1. The Morgan fingerprint density at radius 2 is 2.10 bits per heavy atom. The molecular formula is C15H17FN2O3. The molecule has 112 valence electrons. The third-order valence-corrected chi connectivity index (χ3v) is 3.15. The van der Waals surface area contributed by atoms with Crippen molar-refractivity contribution in [2.75, 3.05) is 0 Å². The molecule has 1 N–H and O–H groups in total. The molecule has 0 amide bonds. The number of hydrogen-bond acceptors (Lipinski definition) is 4. The summed E-state index contributed by atoms with van der Waals surface area (Å²) in [5, 5.41) is 16.8. The van der Waals surface area contributed by atoms with Crippen LogP contribution in [0.3, 0.4) is 0 Å². The zero-order valence-electron chi connectivity index (χ0n) is 12.2. The van der Waals surface area contributed by atoms with Crippen molar-refractivity contribution in [3.8, 4) is 11.5 Å². The number of carboxylic acids is 1. The molecule has 0 atom stereocenters. The van der Waals surface area contributed by atoms with Crippen LogP contribution in [-0.2, 0) is 11.2 Å². The summed E-state index contributed by atoms with van der Waals surface area (Å²) in [7, 11) is 0. The number of benzene rings is 1. The Kier molecular flexibility index (Phi) is 4.06. The van der Waals surface area contributed by atoms with Crippen molar-refractivity contribution < 1.29 is 18.7 Å². The molecule has 0 saturated carbocycles. The fourth-order valence-corrected chi connectivity index (χ4v) is 2.18. The second-order valence-electron chi connectivity index (χ2n) is 5.87. The van der Waals surface area contributed by atoms with E-state index in [4.69, 9.17) is 9.52 Å². The standard InChI is InChI=1S/C15H17FN2O3/c1-9-6-10(16)4-5-11(9)14-18-17-12(21-14)7-15(2,3)8-13(19)20/h4-6H,7-8H2,1-3H3,(H,19,20). The van der Waals surface area contributed by atoms with Crippen LogP contribution in [0.25, 0.3) is 11.5 Å². The van der Waals surface area contributed by atoms with Gasteiger partial charge in [0.15, 0.2) is 0 Å². The first kappa shape index (κ1) is 15.2. The number of hydrogen-bond donors (Lipinski definition) is 1. The fraction of sp³-hybridized carbons (Fsp3) is 0.400. The topological polar surface area (TPSA) is 76.2 Å². The highest BCUT2D eigenvalue weighted by molar-refractivity contribution is 5.67. The molecule has 0 aliphatic rings. The van der Waals surface area contributed by atoms with Crippen LogP contribution in [-0.4, -0.2) is 21.3 Å². The average molecular weight is 292 g/mol. The Labute approximate surface area is 121 Å². The number of carboxylic acid groups (broad SMARTS) is 1. The molecule has 1 heterocycles. The van der Waals surface area contributed by atoms with E-state index in [-0.39, 0.29) is 12.2 Å². The molecule has 5 nitrogen and oxygen atoms in total. The molecule has 2 aromatic rings. The summed E-state index contributed by atoms with van der Waals surface area (Å²) < 4.78 is 18.7. The molecule has 0 aliphatic heterocycles. The van der Waals surface area contributed by atoms with Crippen molar-refractivity contribution >= 4 is 5.97 Å². The van der Waals surface area contributed by atoms with Crippen LogP contribution >= 0.6 is 0 Å². The summed E-state index contributed by atoms with van der Waals surface area (Å²) in [5.74, 6) is -0.499. The zero-order valence-corrected chi connectivity index (χ0v) is 12.2. The van der Waals surface area contributed by atoms with Crippen LogP contribution in [0.15, 0.2) is 22.6 Å². The van der Waals surface area contributed by atoms with Gasteiger partial charge >= 0.3 is 5.97 Å². The normalized spacial score (nSPS) is 11.6. The van der Waals surface area contributed by atoms with Gasteiger partial charge in [0.1, 0.15) is 5.82 Å². The second kappa shape index (κ2) is 5.63. The Morgan fingerprint density at radius 1 is 1.38 bits per heavy atom. The quantitative estimate of drug-likeness (QED) is 0.915. The monoisotopic (exact) mass is 292 g/mol. The molecule has 0 spiro atoms. The van der Waals surface area contributed by atoms with Gasteiger partial charge in [-0.1, -0.05) is 13.8 Å². The van der Waals surface area contributed by atoms with Crippen molar-refractivity contribution in [2.45, 2.75) is 33.6 Å². The van der Waals surface area contributed by atoms with Crippen LogP contribution in [0.2, 0.25) is 0 Å². The first-order valence-electron chi connectivity index (χ1n) is 6.57. The van der Waals surface area contributed by atoms with Crippen LogP contribution < -0.4 is 0 Å². The van der Waals surface area contributed by atoms with Gasteiger partial charge in [-0.05, 0) is 36.1 Å². The first-order valence-corrected chi connectivity index (χ1v) is 6.57. The van der Waals surface area contributed by atoms with E-state index in [2.05, 4.69) is 10.2 Å². The third-order valence-electron chi connectivity index (χ3n) is 3.15. The van der Waals surface area contributed by atoms with Crippen molar-refractivity contribution in [2.24, 2.45) is 5.41 Å². The third kappa shape index (κ3) is 3.87. The van der Waals surface area contributed by atoms with Gasteiger partial charge in [-0.15, -0.1) is 10.2 Å². The molecule has 1 aromatic heterocycles. The zero-order chi connectivity index (χ0) is 15.6. The number of rotatable bonds is 5. The predicted octanol–water partition coefficient (Wildman–Crippen LogP) is 3.23. The maximum atomic E-state index is 13.1. The van der Waals surface area contributed by atoms with E-state index >= 15 is 0 Å². The average Bonchev–Trinajstić information content (AvgIpc) is 2.74. The van der Waals surface area contributed by atoms with Crippen LogP contribution in [0.5, 0.6) is 0 Å². The molecular weight excluding hydrogens is 275 g/mol. The number of aromatic nitrogens is 2. The van der Waals surface area contributed by atoms with Gasteiger partial charge in [0.2, 0.25) is 11.8 Å². The Balaban J connectivity index is 2.20. The van der Waals surface area contributed by atoms with Crippen molar-refractivity contribution in [3.05, 3.63) is 35.5 Å². The smallest absolute Gasteiger partial charge is 0.303 e. The molecule has 0 radical (unpaired) electrons. The maximum absolute atomic E-state index is 13.1. The Morgan fingerprint density at radius 3 is 2.71 bits per heavy atom. The molecule has 0 aliphatic carbocycles. The predicted molar refractivity (Wildman–Crippen MR) is 74.2 cm³/mol. The highest BCUT2D eigenvalue weighted by atomic mass is 19.1. The number of carbonyl (C=O) groups is 1. The van der Waals surface area contributed by atoms with Crippen LogP contribution in [0.4, 0.5) is 4.39 Å². The molecule has 0 fully saturated rings. The lowest BCUT2D eigenvalue weighted by Crippen LogP contribution is -2.19. The number of aliphatic carboxylic acids is 1. The lowest BCUT2D eigenvalue weighted by molar-refractivity contribution is -0.139. The first-order chi connectivity index (χ1) is 9.77. The SMILES string of the molecule is Cc1cc(F)ccc1-c1nnc(CC(C)(C)CC(=O)O)o1. The minimum Gasteiger partial charge on any atom is -0.481 e. The van der Waals surface area contributed by atoms with Gasteiger partial charge in [0.05, 0.1) is 6.42 Å². The molecule has 1 aromatic carbocycles. The minimum atomic E-state index is -0.867. The van der Waals surface area contributed by atoms with Crippen molar-refractivity contribution in [3.63, 3.8) is 0 Å². The lowest BCUT2D eigenvalue weighted by atomic mass is 9.86. The molecule has 0 unspecified atom stereocenters. The van der Waals surface area contributed by atoms with E-state index in [1.165, 1.54) is 12.1 Å². The molecule has 2 rings (SSSR count). The fourth-order valence-electron chi connectivity index (χ4n) is 2.18. The molecule has 21 heavy (non-hydrogen) atoms. The molecule has 6 heteroatoms. The Bertz CT molecular complexity index is 665. The largest absolute Gasteiger partial charge is 0.481 e. The van der Waals surface area contributed by atoms with Gasteiger partial charge < -0.3 is 9.52 Å². The van der Waals surface area contributed by atoms with Gasteiger partial charge in [0.25, 0.3) is 0 Å². The van der Waals surface area contributed by atoms with E-state index < -0.39 is 11.4 Å². The summed E-state index contributed by atoms with van der Waals surface area (Å²) in [4.78, 5) is 10.8. The van der Waals surface area contributed by atoms with E-state index in [0.717, 1.165) is 0 Å². The van der Waals surface area contributed by atoms with Crippen LogP contribution in [0, 0.1) is 18.2 Å². The van der Waals surface area contributed by atoms with Crippen molar-refractivity contribution in [1.82, 2.24) is 10.2 Å². The van der Waals surface area contributed by atoms with E-state index in [1.807, 2.05) is 13.8 Å². The maximum Gasteiger partial charge on any atom is 0.303 e. The van der Waals surface area contributed by atoms with Gasteiger partial charge in [-0.3, -0.25) is 4.79 Å². The van der Waals surface area contributed by atoms with Gasteiger partial charge in [-0.25, -0.2) is 4.39 Å². The molecule has 0 saturated heterocycles. The van der Waals surface area contributed by atoms with Gasteiger partial charge in [-0.2, -0.15) is 0 Å². The number of nitrogens with zero attached hydrogens (tertiary/aromatic N) is 2. The lowest BCUT2D eigenvalue weighted by Gasteiger charge is -2.19. The Hall–Kier alpha value is -2.24. The summed E-state index contributed by atoms with van der Waals surface area (Å²) in [5.41, 5.74) is 0.897. The second-order valence-corrected chi connectivity index (χ2v) is 5.87. The minimum absolute atomic E-state index is 0.0142. The summed E-state index contributed by atoms with van der Waals surface area (Å²) in [6.45, 7) is 5.42. The van der Waals surface area contributed by atoms with Gasteiger partial charge in [0, 0.05) is 12.0 Å². The summed E-state index contributed by atoms with van der Waals surface area (Å²) >= 11 is 0. The van der Waals surface area contributed by atoms with E-state index in [9.17, 15) is 9.18 Å². The highest BCUT2D eigenvalue weighted by Gasteiger charge is 2.25. The van der Waals surface area contributed by atoms with Crippen molar-refractivity contribution in [1.29, 1.82) is 0 Å².